The number of carboxylic acids is 1. The number of carboxylic acid groups (broad SMARTS) is 1. The number of nitrogens with one attached hydrogen (secondary N) is 1. The minimum atomic E-state index is -0.833. The minimum Gasteiger partial charge on any atom is -0.496 e. The number of aromatic amines is 1. The molecule has 0 aliphatic heterocycles. The number of hydrogen-bond acceptors (Lipinski definition) is 3. The van der Waals surface area contributed by atoms with Crippen molar-refractivity contribution in [3.05, 3.63) is 34.2 Å². The molecule has 0 bridgehead atoms. The van der Waals surface area contributed by atoms with E-state index in [1.807, 2.05) is 25.1 Å². The number of halogens is 1. The number of methoxy groups -OCH3 is 1. The molecule has 0 saturated heterocycles. The van der Waals surface area contributed by atoms with Gasteiger partial charge in [-0.1, -0.05) is 15.9 Å². The van der Waals surface area contributed by atoms with Crippen molar-refractivity contribution in [2.24, 2.45) is 0 Å². The van der Waals surface area contributed by atoms with Crippen LogP contribution in [0, 0.1) is 6.92 Å². The topological polar surface area (TPSA) is 75.2 Å². The number of hydrogen-bond donors (Lipinski definition) is 2. The molecule has 1 heterocycles. The zero-order valence-electron chi connectivity index (χ0n) is 11.2. The molecule has 0 spiro atoms. The number of nitrogens with zero attached hydrogens (tertiary/aromatic N) is 1. The first-order valence-corrected chi connectivity index (χ1v) is 6.91. The molecule has 2 rings (SSSR count). The van der Waals surface area contributed by atoms with Crippen molar-refractivity contribution in [1.82, 2.24) is 9.97 Å². The van der Waals surface area contributed by atoms with Crippen LogP contribution in [-0.4, -0.2) is 28.2 Å². The van der Waals surface area contributed by atoms with Crippen LogP contribution in [-0.2, 0) is 11.2 Å². The van der Waals surface area contributed by atoms with Crippen LogP contribution in [0.1, 0.15) is 17.9 Å². The number of ether oxygens (including phenoxy) is 1. The Morgan fingerprint density at radius 1 is 1.50 bits per heavy atom. The molecule has 0 aliphatic rings. The molecule has 5 nitrogen and oxygen atoms in total. The number of aryl methyl sites for hydroxylation is 2. The molecule has 0 radical (unpaired) electrons. The predicted molar refractivity (Wildman–Crippen MR) is 79.0 cm³/mol. The van der Waals surface area contributed by atoms with E-state index in [9.17, 15) is 4.79 Å². The van der Waals surface area contributed by atoms with Crippen LogP contribution < -0.4 is 4.74 Å². The molecular formula is C14H15BrN2O3. The van der Waals surface area contributed by atoms with Gasteiger partial charge in [-0.2, -0.15) is 0 Å². The maximum atomic E-state index is 10.6. The fourth-order valence-electron chi connectivity index (χ4n) is 1.99. The van der Waals surface area contributed by atoms with E-state index in [0.29, 0.717) is 12.2 Å². The van der Waals surface area contributed by atoms with Crippen LogP contribution in [0.4, 0.5) is 0 Å². The zero-order chi connectivity index (χ0) is 14.7. The lowest BCUT2D eigenvalue weighted by molar-refractivity contribution is -0.137. The van der Waals surface area contributed by atoms with Crippen LogP contribution in [0.2, 0.25) is 0 Å². The summed E-state index contributed by atoms with van der Waals surface area (Å²) in [5, 5.41) is 8.72. The highest BCUT2D eigenvalue weighted by Crippen LogP contribution is 2.33. The molecule has 0 aliphatic carbocycles. The standard InChI is InChI=1S/C14H15BrN2O3/c1-8-14(17-12(16-8)5-6-13(18)19)10-7-9(15)3-4-11(10)20-2/h3-4,7H,5-6H2,1-2H3,(H,16,17)(H,18,19). The number of aromatic nitrogens is 2. The van der Waals surface area contributed by atoms with Gasteiger partial charge in [0, 0.05) is 22.2 Å². The first-order chi connectivity index (χ1) is 9.51. The molecule has 0 saturated carbocycles. The smallest absolute Gasteiger partial charge is 0.303 e. The third-order valence-electron chi connectivity index (χ3n) is 2.93. The number of imidazole rings is 1. The Morgan fingerprint density at radius 3 is 2.90 bits per heavy atom. The third-order valence-corrected chi connectivity index (χ3v) is 3.42. The Hall–Kier alpha value is -1.82. The Bertz CT molecular complexity index is 637. The van der Waals surface area contributed by atoms with Crippen LogP contribution in [0.3, 0.4) is 0 Å². The van der Waals surface area contributed by atoms with Crippen molar-refractivity contribution < 1.29 is 14.6 Å². The highest BCUT2D eigenvalue weighted by atomic mass is 79.9. The lowest BCUT2D eigenvalue weighted by Crippen LogP contribution is -1.98. The first-order valence-electron chi connectivity index (χ1n) is 6.12. The van der Waals surface area contributed by atoms with Crippen molar-refractivity contribution in [3.63, 3.8) is 0 Å². The lowest BCUT2D eigenvalue weighted by atomic mass is 10.1. The number of carbonyl (C=O) groups is 1. The van der Waals surface area contributed by atoms with Crippen LogP contribution in [0.15, 0.2) is 22.7 Å². The molecule has 106 valence electrons. The molecule has 0 amide bonds. The Balaban J connectivity index is 2.37. The fourth-order valence-corrected chi connectivity index (χ4v) is 2.35. The first kappa shape index (κ1) is 14.6. The second-order valence-corrected chi connectivity index (χ2v) is 5.31. The van der Waals surface area contributed by atoms with Gasteiger partial charge in [0.05, 0.1) is 19.2 Å². The number of H-pyrrole nitrogens is 1. The minimum absolute atomic E-state index is 0.0576. The van der Waals surface area contributed by atoms with Crippen molar-refractivity contribution >= 4 is 21.9 Å². The molecule has 0 fully saturated rings. The highest BCUT2D eigenvalue weighted by molar-refractivity contribution is 9.10. The molecule has 1 aromatic carbocycles. The summed E-state index contributed by atoms with van der Waals surface area (Å²) in [6, 6.07) is 5.70. The molecule has 2 N–H and O–H groups in total. The van der Waals surface area contributed by atoms with E-state index in [1.165, 1.54) is 0 Å². The summed E-state index contributed by atoms with van der Waals surface area (Å²) < 4.78 is 6.28. The largest absolute Gasteiger partial charge is 0.496 e. The third kappa shape index (κ3) is 3.19. The fraction of sp³-hybridized carbons (Fsp3) is 0.286. The molecule has 20 heavy (non-hydrogen) atoms. The van der Waals surface area contributed by atoms with E-state index in [0.717, 1.165) is 27.2 Å². The van der Waals surface area contributed by atoms with Gasteiger partial charge in [-0.05, 0) is 25.1 Å². The Labute approximate surface area is 125 Å². The van der Waals surface area contributed by atoms with Gasteiger partial charge in [0.15, 0.2) is 0 Å². The average Bonchev–Trinajstić information content (AvgIpc) is 2.77. The van der Waals surface area contributed by atoms with Gasteiger partial charge >= 0.3 is 5.97 Å². The van der Waals surface area contributed by atoms with Crippen LogP contribution in [0.25, 0.3) is 11.3 Å². The van der Waals surface area contributed by atoms with Crippen molar-refractivity contribution in [2.45, 2.75) is 19.8 Å². The molecule has 2 aromatic rings. The van der Waals surface area contributed by atoms with E-state index in [4.69, 9.17) is 9.84 Å². The van der Waals surface area contributed by atoms with E-state index >= 15 is 0 Å². The number of rotatable bonds is 5. The van der Waals surface area contributed by atoms with Crippen LogP contribution >= 0.6 is 15.9 Å². The van der Waals surface area contributed by atoms with E-state index < -0.39 is 5.97 Å². The van der Waals surface area contributed by atoms with Gasteiger partial charge < -0.3 is 14.8 Å². The zero-order valence-corrected chi connectivity index (χ0v) is 12.8. The van der Waals surface area contributed by atoms with Gasteiger partial charge in [0.1, 0.15) is 11.6 Å². The van der Waals surface area contributed by atoms with Gasteiger partial charge in [-0.3, -0.25) is 4.79 Å². The maximum Gasteiger partial charge on any atom is 0.303 e. The molecule has 0 atom stereocenters. The number of aliphatic carboxylic acids is 1. The summed E-state index contributed by atoms with van der Waals surface area (Å²) in [5.74, 6) is 0.565. The monoisotopic (exact) mass is 338 g/mol. The Morgan fingerprint density at radius 2 is 2.25 bits per heavy atom. The van der Waals surface area contributed by atoms with Crippen molar-refractivity contribution in [3.8, 4) is 17.0 Å². The van der Waals surface area contributed by atoms with Crippen molar-refractivity contribution in [2.75, 3.05) is 7.11 Å². The highest BCUT2D eigenvalue weighted by Gasteiger charge is 2.14. The van der Waals surface area contributed by atoms with E-state index in [-0.39, 0.29) is 6.42 Å². The van der Waals surface area contributed by atoms with Gasteiger partial charge in [0.2, 0.25) is 0 Å². The quantitative estimate of drug-likeness (QED) is 0.877. The Kier molecular flexibility index (Phi) is 4.44. The summed E-state index contributed by atoms with van der Waals surface area (Å²) in [7, 11) is 1.61. The van der Waals surface area contributed by atoms with E-state index in [2.05, 4.69) is 25.9 Å². The molecule has 6 heteroatoms. The summed E-state index contributed by atoms with van der Waals surface area (Å²) in [5.41, 5.74) is 2.54. The van der Waals surface area contributed by atoms with Crippen molar-refractivity contribution in [1.29, 1.82) is 0 Å². The van der Waals surface area contributed by atoms with Gasteiger partial charge in [0.25, 0.3) is 0 Å². The summed E-state index contributed by atoms with van der Waals surface area (Å²) in [6.45, 7) is 1.91. The molecular weight excluding hydrogens is 324 g/mol. The van der Waals surface area contributed by atoms with Gasteiger partial charge in [-0.25, -0.2) is 4.98 Å². The van der Waals surface area contributed by atoms with Gasteiger partial charge in [-0.15, -0.1) is 0 Å². The van der Waals surface area contributed by atoms with Crippen LogP contribution in [0.5, 0.6) is 5.75 Å². The second kappa shape index (κ2) is 6.09. The summed E-state index contributed by atoms with van der Waals surface area (Å²) >= 11 is 3.43. The second-order valence-electron chi connectivity index (χ2n) is 4.40. The SMILES string of the molecule is COc1ccc(Br)cc1-c1nc(CCC(=O)O)[nH]c1C. The average molecular weight is 339 g/mol. The normalized spacial score (nSPS) is 10.6. The lowest BCUT2D eigenvalue weighted by Gasteiger charge is -2.07. The molecule has 1 aromatic heterocycles. The maximum absolute atomic E-state index is 10.6. The van der Waals surface area contributed by atoms with E-state index in [1.54, 1.807) is 7.11 Å². The number of benzene rings is 1. The summed E-state index contributed by atoms with van der Waals surface area (Å²) in [6.07, 6.45) is 0.439. The summed E-state index contributed by atoms with van der Waals surface area (Å²) in [4.78, 5) is 18.2. The predicted octanol–water partition coefficient (Wildman–Crippen LogP) is 3.17. The molecule has 0 unspecified atom stereocenters.